The van der Waals surface area contributed by atoms with Crippen molar-refractivity contribution in [2.24, 2.45) is 5.73 Å². The number of carbonyl (C=O) groups excluding carboxylic acids is 1. The van der Waals surface area contributed by atoms with Crippen molar-refractivity contribution in [3.63, 3.8) is 0 Å². The summed E-state index contributed by atoms with van der Waals surface area (Å²) in [4.78, 5) is 19.9. The van der Waals surface area contributed by atoms with E-state index in [-0.39, 0.29) is 29.1 Å². The minimum atomic E-state index is -0.605. The molecule has 1 amide bonds. The van der Waals surface area contributed by atoms with Gasteiger partial charge in [0.2, 0.25) is 0 Å². The van der Waals surface area contributed by atoms with E-state index in [4.69, 9.17) is 21.1 Å². The standard InChI is InChI=1S/C22H21FN6O2/c1-3-31-20-8-15(17(23)6-14(20)9-24)11-27-22(30)19-7-13-4-5-18(28-21(13)29-19)16(10-25)12(2)26/h4-8,10,25H,3,11,26H2,1-2H3,(H,27,30)(H,28,29)/b16-12+,25-10?. The number of nitrogens with one attached hydrogen (secondary N) is 3. The molecule has 0 bridgehead atoms. The summed E-state index contributed by atoms with van der Waals surface area (Å²) in [6.45, 7) is 3.68. The average Bonchev–Trinajstić information content (AvgIpc) is 3.17. The molecule has 0 saturated carbocycles. The molecule has 2 aromatic heterocycles. The van der Waals surface area contributed by atoms with Gasteiger partial charge in [-0.15, -0.1) is 0 Å². The highest BCUT2D eigenvalue weighted by Crippen LogP contribution is 2.23. The van der Waals surface area contributed by atoms with Crippen LogP contribution in [0.25, 0.3) is 16.6 Å². The summed E-state index contributed by atoms with van der Waals surface area (Å²) in [5.74, 6) is -0.784. The number of amides is 1. The second-order valence-corrected chi connectivity index (χ2v) is 6.73. The Bertz CT molecular complexity index is 1230. The molecule has 3 aromatic rings. The fourth-order valence-electron chi connectivity index (χ4n) is 3.03. The first-order chi connectivity index (χ1) is 14.9. The van der Waals surface area contributed by atoms with Crippen LogP contribution >= 0.6 is 0 Å². The van der Waals surface area contributed by atoms with Crippen LogP contribution in [0.2, 0.25) is 0 Å². The maximum Gasteiger partial charge on any atom is 0.268 e. The SMILES string of the molecule is CCOc1cc(CNC(=O)c2cc3ccc(/C(C=N)=C(\C)N)nc3[nH]2)c(F)cc1C#N. The Morgan fingerprint density at radius 1 is 1.42 bits per heavy atom. The van der Waals surface area contributed by atoms with Gasteiger partial charge in [-0.05, 0) is 44.2 Å². The quantitative estimate of drug-likeness (QED) is 0.434. The lowest BCUT2D eigenvalue weighted by Crippen LogP contribution is -2.23. The van der Waals surface area contributed by atoms with Gasteiger partial charge in [-0.1, -0.05) is 0 Å². The molecule has 0 aliphatic rings. The van der Waals surface area contributed by atoms with Crippen molar-refractivity contribution in [1.29, 1.82) is 10.7 Å². The number of hydrogen-bond donors (Lipinski definition) is 4. The van der Waals surface area contributed by atoms with Gasteiger partial charge in [0.1, 0.15) is 29.0 Å². The molecule has 0 unspecified atom stereocenters. The fraction of sp³-hybridized carbons (Fsp3) is 0.182. The lowest BCUT2D eigenvalue weighted by atomic mass is 10.1. The zero-order valence-corrected chi connectivity index (χ0v) is 17.0. The molecule has 0 atom stereocenters. The first kappa shape index (κ1) is 21.5. The minimum absolute atomic E-state index is 0.0858. The van der Waals surface area contributed by atoms with E-state index in [1.807, 2.05) is 6.07 Å². The van der Waals surface area contributed by atoms with Crippen LogP contribution in [-0.2, 0) is 6.54 Å². The van der Waals surface area contributed by atoms with Crippen molar-refractivity contribution >= 4 is 28.7 Å². The number of aromatic nitrogens is 2. The third kappa shape index (κ3) is 4.53. The number of allylic oxidation sites excluding steroid dienone is 2. The molecule has 5 N–H and O–H groups in total. The van der Waals surface area contributed by atoms with E-state index >= 15 is 0 Å². The molecule has 0 fully saturated rings. The molecule has 1 aromatic carbocycles. The third-order valence-electron chi connectivity index (χ3n) is 4.58. The van der Waals surface area contributed by atoms with E-state index in [1.165, 1.54) is 6.07 Å². The normalized spacial score (nSPS) is 11.5. The van der Waals surface area contributed by atoms with Crippen LogP contribution in [0.1, 0.15) is 41.2 Å². The maximum atomic E-state index is 14.3. The number of nitrogens with zero attached hydrogens (tertiary/aromatic N) is 2. The molecule has 0 spiro atoms. The second kappa shape index (κ2) is 9.09. The number of H-pyrrole nitrogens is 1. The van der Waals surface area contributed by atoms with Crippen molar-refractivity contribution in [2.45, 2.75) is 20.4 Å². The van der Waals surface area contributed by atoms with Crippen molar-refractivity contribution in [1.82, 2.24) is 15.3 Å². The average molecular weight is 420 g/mol. The van der Waals surface area contributed by atoms with E-state index in [1.54, 1.807) is 32.0 Å². The number of pyridine rings is 1. The number of fused-ring (bicyclic) bond motifs is 1. The highest BCUT2D eigenvalue weighted by atomic mass is 19.1. The van der Waals surface area contributed by atoms with E-state index in [2.05, 4.69) is 15.3 Å². The van der Waals surface area contributed by atoms with Gasteiger partial charge in [0, 0.05) is 35.0 Å². The first-order valence-electron chi connectivity index (χ1n) is 9.48. The molecule has 0 saturated heterocycles. The Balaban J connectivity index is 1.81. The molecule has 0 aliphatic heterocycles. The molecule has 3 rings (SSSR count). The number of ether oxygens (including phenoxy) is 1. The van der Waals surface area contributed by atoms with Crippen LogP contribution in [0.5, 0.6) is 5.75 Å². The Hall–Kier alpha value is -4.19. The van der Waals surface area contributed by atoms with Gasteiger partial charge in [0.05, 0.1) is 17.9 Å². The van der Waals surface area contributed by atoms with E-state index in [0.717, 1.165) is 12.3 Å². The highest BCUT2D eigenvalue weighted by molar-refractivity contribution is 6.09. The molecule has 0 aliphatic carbocycles. The molecule has 0 radical (unpaired) electrons. The number of benzene rings is 1. The summed E-state index contributed by atoms with van der Waals surface area (Å²) >= 11 is 0. The molecule has 2 heterocycles. The predicted octanol–water partition coefficient (Wildman–Crippen LogP) is 3.24. The van der Waals surface area contributed by atoms with Crippen molar-refractivity contribution in [3.05, 3.63) is 64.4 Å². The smallest absolute Gasteiger partial charge is 0.268 e. The Kier molecular flexibility index (Phi) is 6.31. The van der Waals surface area contributed by atoms with Gasteiger partial charge < -0.3 is 26.2 Å². The molecular weight excluding hydrogens is 399 g/mol. The number of halogens is 1. The van der Waals surface area contributed by atoms with E-state index < -0.39 is 11.7 Å². The summed E-state index contributed by atoms with van der Waals surface area (Å²) in [7, 11) is 0. The van der Waals surface area contributed by atoms with Crippen LogP contribution in [-0.4, -0.2) is 28.7 Å². The summed E-state index contributed by atoms with van der Waals surface area (Å²) in [5.41, 5.74) is 8.27. The van der Waals surface area contributed by atoms with Gasteiger partial charge in [0.15, 0.2) is 0 Å². The number of hydrogen-bond acceptors (Lipinski definition) is 6. The second-order valence-electron chi connectivity index (χ2n) is 6.73. The zero-order chi connectivity index (χ0) is 22.5. The van der Waals surface area contributed by atoms with Gasteiger partial charge in [-0.2, -0.15) is 5.26 Å². The first-order valence-corrected chi connectivity index (χ1v) is 9.48. The van der Waals surface area contributed by atoms with Crippen molar-refractivity contribution in [3.8, 4) is 11.8 Å². The molecule has 8 nitrogen and oxygen atoms in total. The predicted molar refractivity (Wildman–Crippen MR) is 115 cm³/mol. The van der Waals surface area contributed by atoms with E-state index in [9.17, 15) is 9.18 Å². The van der Waals surface area contributed by atoms with Crippen LogP contribution in [0.3, 0.4) is 0 Å². The zero-order valence-electron chi connectivity index (χ0n) is 17.0. The summed E-state index contributed by atoms with van der Waals surface area (Å²) in [6, 6.07) is 9.51. The summed E-state index contributed by atoms with van der Waals surface area (Å²) in [6.07, 6.45) is 1.13. The third-order valence-corrected chi connectivity index (χ3v) is 4.58. The number of rotatable bonds is 7. The Labute approximate surface area is 178 Å². The van der Waals surface area contributed by atoms with Crippen LogP contribution in [0.4, 0.5) is 4.39 Å². The van der Waals surface area contributed by atoms with Crippen LogP contribution in [0, 0.1) is 22.6 Å². The number of nitrogens with two attached hydrogens (primary N) is 1. The van der Waals surface area contributed by atoms with Gasteiger partial charge in [0.25, 0.3) is 5.91 Å². The van der Waals surface area contributed by atoms with Crippen LogP contribution in [0.15, 0.2) is 36.0 Å². The Morgan fingerprint density at radius 2 is 2.19 bits per heavy atom. The topological polar surface area (TPSA) is 141 Å². The summed E-state index contributed by atoms with van der Waals surface area (Å²) in [5, 5.41) is 19.9. The van der Waals surface area contributed by atoms with Gasteiger partial charge in [-0.3, -0.25) is 4.79 Å². The number of nitriles is 1. The molecule has 9 heteroatoms. The lowest BCUT2D eigenvalue weighted by molar-refractivity contribution is 0.0946. The van der Waals surface area contributed by atoms with Crippen molar-refractivity contribution < 1.29 is 13.9 Å². The monoisotopic (exact) mass is 420 g/mol. The lowest BCUT2D eigenvalue weighted by Gasteiger charge is -2.10. The fourth-order valence-corrected chi connectivity index (χ4v) is 3.03. The molecular formula is C22H21FN6O2. The van der Waals surface area contributed by atoms with Crippen LogP contribution < -0.4 is 15.8 Å². The number of aromatic amines is 1. The highest BCUT2D eigenvalue weighted by Gasteiger charge is 2.15. The Morgan fingerprint density at radius 3 is 2.84 bits per heavy atom. The number of carbonyl (C=O) groups is 1. The van der Waals surface area contributed by atoms with Gasteiger partial charge in [-0.25, -0.2) is 9.37 Å². The van der Waals surface area contributed by atoms with Gasteiger partial charge >= 0.3 is 0 Å². The molecule has 31 heavy (non-hydrogen) atoms. The largest absolute Gasteiger partial charge is 0.492 e. The minimum Gasteiger partial charge on any atom is -0.492 e. The molecule has 158 valence electrons. The maximum absolute atomic E-state index is 14.3. The van der Waals surface area contributed by atoms with E-state index in [0.29, 0.717) is 34.6 Å². The summed E-state index contributed by atoms with van der Waals surface area (Å²) < 4.78 is 19.7. The van der Waals surface area contributed by atoms with Crippen molar-refractivity contribution in [2.75, 3.05) is 6.61 Å².